The van der Waals surface area contributed by atoms with Gasteiger partial charge in [-0.3, -0.25) is 0 Å². The van der Waals surface area contributed by atoms with E-state index in [1.807, 2.05) is 0 Å². The van der Waals surface area contributed by atoms with E-state index in [2.05, 4.69) is 4.98 Å². The van der Waals surface area contributed by atoms with Crippen molar-refractivity contribution >= 4 is 75.3 Å². The van der Waals surface area contributed by atoms with Gasteiger partial charge in [-0.15, -0.1) is 0 Å². The van der Waals surface area contributed by atoms with Crippen molar-refractivity contribution in [3.05, 3.63) is 42.5 Å². The van der Waals surface area contributed by atoms with Crippen LogP contribution in [-0.4, -0.2) is 4.98 Å². The maximum atomic E-state index is 6.14. The normalized spacial score (nSPS) is 10.8. The topological polar surface area (TPSA) is 38.9 Å². The first-order valence-electron chi connectivity index (χ1n) is 4.77. The van der Waals surface area contributed by atoms with Crippen molar-refractivity contribution in [1.82, 2.24) is 4.98 Å². The Bertz CT molecular complexity index is 642. The highest BCUT2D eigenvalue weighted by atomic mass is 35.5. The first-order chi connectivity index (χ1) is 8.84. The molecular weight excluding hydrogens is 373 g/mol. The Morgan fingerprint density at radius 3 is 1.74 bits per heavy atom. The number of nitrogens with zero attached hydrogens (tertiary/aromatic N) is 1. The lowest BCUT2D eigenvalue weighted by atomic mass is 10.1. The van der Waals surface area contributed by atoms with Gasteiger partial charge in [0.25, 0.3) is 0 Å². The quantitative estimate of drug-likeness (QED) is 0.363. The second-order valence-electron chi connectivity index (χ2n) is 3.55. The molecule has 0 aliphatic heterocycles. The van der Waals surface area contributed by atoms with Crippen LogP contribution in [0.1, 0.15) is 0 Å². The first-order valence-corrected chi connectivity index (χ1v) is 7.04. The fourth-order valence-corrected chi connectivity index (χ4v) is 2.92. The molecule has 0 fully saturated rings. The monoisotopic (exact) mass is 374 g/mol. The van der Waals surface area contributed by atoms with E-state index in [-0.39, 0.29) is 36.0 Å². The van der Waals surface area contributed by atoms with Gasteiger partial charge >= 0.3 is 0 Å². The molecule has 1 aromatic carbocycles. The number of nitrogen functional groups attached to an aromatic ring is 1. The minimum Gasteiger partial charge on any atom is -0.396 e. The molecule has 0 saturated carbocycles. The van der Waals surface area contributed by atoms with E-state index in [0.29, 0.717) is 11.1 Å². The van der Waals surface area contributed by atoms with Crippen LogP contribution in [0.5, 0.6) is 0 Å². The Balaban J connectivity index is 2.79. The smallest absolute Gasteiger partial charge is 0.151 e. The van der Waals surface area contributed by atoms with Crippen molar-refractivity contribution in [1.29, 1.82) is 0 Å². The third kappa shape index (κ3) is 2.71. The summed E-state index contributed by atoms with van der Waals surface area (Å²) in [5.41, 5.74) is 6.92. The number of halogens is 6. The molecule has 0 bridgehead atoms. The van der Waals surface area contributed by atoms with E-state index in [0.717, 1.165) is 0 Å². The maximum absolute atomic E-state index is 6.14. The van der Waals surface area contributed by atoms with E-state index in [4.69, 9.17) is 75.3 Å². The maximum Gasteiger partial charge on any atom is 0.151 e. The van der Waals surface area contributed by atoms with Crippen LogP contribution in [0.4, 0.5) is 5.69 Å². The van der Waals surface area contributed by atoms with Gasteiger partial charge in [0, 0.05) is 17.3 Å². The predicted molar refractivity (Wildman–Crippen MR) is 84.1 cm³/mol. The summed E-state index contributed by atoms with van der Waals surface area (Å²) >= 11 is 35.9. The average molecular weight is 377 g/mol. The first kappa shape index (κ1) is 15.3. The van der Waals surface area contributed by atoms with E-state index < -0.39 is 0 Å². The fraction of sp³-hybridized carbons (Fsp3) is 0. The number of hydrogen-bond acceptors (Lipinski definition) is 2. The molecule has 0 amide bonds. The second-order valence-corrected chi connectivity index (χ2v) is 5.80. The lowest BCUT2D eigenvalue weighted by Crippen LogP contribution is -1.92. The summed E-state index contributed by atoms with van der Waals surface area (Å²) in [5, 5.41) is 0.843. The summed E-state index contributed by atoms with van der Waals surface area (Å²) in [6, 6.07) is 1.57. The van der Waals surface area contributed by atoms with E-state index in [1.54, 1.807) is 6.07 Å². The summed E-state index contributed by atoms with van der Waals surface area (Å²) < 4.78 is 0. The number of nitrogens with two attached hydrogens (primary N) is 1. The molecule has 1 aromatic heterocycles. The van der Waals surface area contributed by atoms with Gasteiger partial charge in [0.15, 0.2) is 5.15 Å². The summed E-state index contributed by atoms with van der Waals surface area (Å²) in [4.78, 5) is 3.92. The molecule has 0 saturated heterocycles. The standard InChI is InChI=1S/C11H4Cl6N2/c12-6-5(3-1-4(18)11(17)19-2-3)7(13)9(15)10(16)8(6)14/h1-2H,18H2. The van der Waals surface area contributed by atoms with Gasteiger partial charge in [0.1, 0.15) is 0 Å². The van der Waals surface area contributed by atoms with Crippen molar-refractivity contribution in [3.63, 3.8) is 0 Å². The molecule has 0 aliphatic rings. The van der Waals surface area contributed by atoms with Crippen molar-refractivity contribution < 1.29 is 0 Å². The zero-order valence-electron chi connectivity index (χ0n) is 8.95. The highest BCUT2D eigenvalue weighted by Gasteiger charge is 2.21. The molecule has 0 radical (unpaired) electrons. The minimum absolute atomic E-state index is 0.0944. The molecule has 0 aliphatic carbocycles. The van der Waals surface area contributed by atoms with Crippen LogP contribution in [0.25, 0.3) is 11.1 Å². The minimum atomic E-state index is 0.0944. The molecule has 2 nitrogen and oxygen atoms in total. The van der Waals surface area contributed by atoms with Crippen LogP contribution in [-0.2, 0) is 0 Å². The van der Waals surface area contributed by atoms with Crippen molar-refractivity contribution in [2.24, 2.45) is 0 Å². The number of hydrogen-bond donors (Lipinski definition) is 1. The summed E-state index contributed by atoms with van der Waals surface area (Å²) in [6.45, 7) is 0. The number of benzene rings is 1. The van der Waals surface area contributed by atoms with Crippen LogP contribution >= 0.6 is 69.6 Å². The molecule has 0 atom stereocenters. The van der Waals surface area contributed by atoms with Gasteiger partial charge in [-0.1, -0.05) is 69.6 Å². The molecule has 19 heavy (non-hydrogen) atoms. The van der Waals surface area contributed by atoms with Crippen LogP contribution in [0.2, 0.25) is 30.3 Å². The lowest BCUT2D eigenvalue weighted by Gasteiger charge is -2.13. The van der Waals surface area contributed by atoms with Gasteiger partial charge in [-0.05, 0) is 6.07 Å². The molecule has 2 rings (SSSR count). The van der Waals surface area contributed by atoms with Crippen molar-refractivity contribution in [2.75, 3.05) is 5.73 Å². The van der Waals surface area contributed by atoms with Crippen LogP contribution in [0, 0.1) is 0 Å². The third-order valence-corrected chi connectivity index (χ3v) is 4.96. The molecule has 100 valence electrons. The Hall–Kier alpha value is -0.0900. The molecule has 0 unspecified atom stereocenters. The van der Waals surface area contributed by atoms with E-state index in [9.17, 15) is 0 Å². The van der Waals surface area contributed by atoms with E-state index >= 15 is 0 Å². The summed E-state index contributed by atoms with van der Waals surface area (Å²) in [6.07, 6.45) is 1.46. The summed E-state index contributed by atoms with van der Waals surface area (Å²) in [5.74, 6) is 0. The number of anilines is 1. The van der Waals surface area contributed by atoms with Gasteiger partial charge in [-0.2, -0.15) is 0 Å². The number of rotatable bonds is 1. The summed E-state index contributed by atoms with van der Waals surface area (Å²) in [7, 11) is 0. The highest BCUT2D eigenvalue weighted by molar-refractivity contribution is 6.56. The third-order valence-electron chi connectivity index (χ3n) is 2.36. The van der Waals surface area contributed by atoms with Crippen molar-refractivity contribution in [2.45, 2.75) is 0 Å². The largest absolute Gasteiger partial charge is 0.396 e. The molecular formula is C11H4Cl6N2. The van der Waals surface area contributed by atoms with Crippen LogP contribution in [0.15, 0.2) is 12.3 Å². The van der Waals surface area contributed by atoms with E-state index in [1.165, 1.54) is 6.20 Å². The average Bonchev–Trinajstić information content (AvgIpc) is 2.38. The Labute approximate surface area is 139 Å². The lowest BCUT2D eigenvalue weighted by molar-refractivity contribution is 1.33. The fourth-order valence-electron chi connectivity index (χ4n) is 1.46. The molecule has 8 heteroatoms. The van der Waals surface area contributed by atoms with Crippen molar-refractivity contribution in [3.8, 4) is 11.1 Å². The molecule has 0 spiro atoms. The molecule has 2 N–H and O–H groups in total. The van der Waals surface area contributed by atoms with Gasteiger partial charge in [0.2, 0.25) is 0 Å². The number of pyridine rings is 1. The molecule has 2 aromatic rings. The van der Waals surface area contributed by atoms with Gasteiger partial charge < -0.3 is 5.73 Å². The highest BCUT2D eigenvalue weighted by Crippen LogP contribution is 2.48. The number of aromatic nitrogens is 1. The zero-order chi connectivity index (χ0) is 14.3. The Morgan fingerprint density at radius 1 is 0.789 bits per heavy atom. The van der Waals surface area contributed by atoms with Gasteiger partial charge in [-0.25, -0.2) is 4.98 Å². The Morgan fingerprint density at radius 2 is 1.26 bits per heavy atom. The van der Waals surface area contributed by atoms with Crippen LogP contribution in [0.3, 0.4) is 0 Å². The molecule has 1 heterocycles. The predicted octanol–water partition coefficient (Wildman–Crippen LogP) is 6.25. The Kier molecular flexibility index (Phi) is 4.61. The second kappa shape index (κ2) is 5.72. The SMILES string of the molecule is Nc1cc(-c2c(Cl)c(Cl)c(Cl)c(Cl)c2Cl)cnc1Cl. The zero-order valence-corrected chi connectivity index (χ0v) is 13.5. The van der Waals surface area contributed by atoms with Gasteiger partial charge in [0.05, 0.1) is 30.8 Å². The van der Waals surface area contributed by atoms with Crippen LogP contribution < -0.4 is 5.73 Å².